The van der Waals surface area contributed by atoms with Gasteiger partial charge in [-0.25, -0.2) is 0 Å². The average Bonchev–Trinajstić information content (AvgIpc) is 3.37. The van der Waals surface area contributed by atoms with E-state index in [1.165, 1.54) is 0 Å². The summed E-state index contributed by atoms with van der Waals surface area (Å²) >= 11 is 0. The lowest BCUT2D eigenvalue weighted by Gasteiger charge is -2.16. The van der Waals surface area contributed by atoms with E-state index >= 15 is 0 Å². The van der Waals surface area contributed by atoms with Crippen LogP contribution in [0.3, 0.4) is 0 Å². The summed E-state index contributed by atoms with van der Waals surface area (Å²) in [6.45, 7) is 1.59. The largest absolute Gasteiger partial charge is 0.490 e. The van der Waals surface area contributed by atoms with Crippen molar-refractivity contribution in [3.8, 4) is 11.8 Å². The third-order valence-electron chi connectivity index (χ3n) is 5.46. The van der Waals surface area contributed by atoms with Crippen molar-refractivity contribution in [3.05, 3.63) is 56.4 Å². The van der Waals surface area contributed by atoms with Gasteiger partial charge in [0.2, 0.25) is 0 Å². The van der Waals surface area contributed by atoms with Gasteiger partial charge in [0.15, 0.2) is 5.92 Å². The molecule has 3 rings (SSSR count). The maximum absolute atomic E-state index is 12.4. The Hall–Kier alpha value is -4.77. The molecule has 0 unspecified atom stereocenters. The normalized spacial score (nSPS) is 12.4. The first-order valence-corrected chi connectivity index (χ1v) is 10.8. The molecule has 0 spiro atoms. The van der Waals surface area contributed by atoms with Gasteiger partial charge in [-0.05, 0) is 19.1 Å². The maximum Gasteiger partial charge on any atom is 0.324 e. The number of nitro benzene ring substituents is 1. The lowest BCUT2D eigenvalue weighted by molar-refractivity contribution is -0.385. The summed E-state index contributed by atoms with van der Waals surface area (Å²) < 4.78 is 20.1. The quantitative estimate of drug-likeness (QED) is 0.113. The first-order valence-electron chi connectivity index (χ1n) is 10.8. The molecule has 14 heteroatoms. The van der Waals surface area contributed by atoms with Crippen molar-refractivity contribution in [2.24, 2.45) is 0 Å². The van der Waals surface area contributed by atoms with E-state index in [9.17, 15) is 34.6 Å². The Morgan fingerprint density at radius 3 is 2.35 bits per heavy atom. The minimum Gasteiger partial charge on any atom is -0.490 e. The Morgan fingerprint density at radius 1 is 1.11 bits per heavy atom. The van der Waals surface area contributed by atoms with E-state index in [4.69, 9.17) is 9.47 Å². The van der Waals surface area contributed by atoms with Crippen LogP contribution in [0.25, 0.3) is 0 Å². The molecule has 1 aromatic heterocycles. The average molecular weight is 514 g/mol. The first-order chi connectivity index (χ1) is 17.6. The first kappa shape index (κ1) is 26.8. The number of aromatic nitrogens is 1. The lowest BCUT2D eigenvalue weighted by Crippen LogP contribution is -2.33. The number of nitriles is 1. The minimum atomic E-state index is -1.78. The van der Waals surface area contributed by atoms with Crippen LogP contribution in [0, 0.1) is 28.4 Å². The number of methoxy groups -OCH3 is 2. The molecular formula is C23H22N4O10. The molecule has 0 saturated heterocycles. The van der Waals surface area contributed by atoms with Crippen molar-refractivity contribution in [1.29, 1.82) is 5.26 Å². The molecule has 37 heavy (non-hydrogen) atoms. The molecule has 0 aliphatic carbocycles. The molecule has 0 saturated carbocycles. The number of nitro groups is 1. The zero-order valence-corrected chi connectivity index (χ0v) is 20.1. The number of esters is 2. The van der Waals surface area contributed by atoms with Crippen molar-refractivity contribution < 1.29 is 43.0 Å². The third-order valence-corrected chi connectivity index (χ3v) is 5.46. The van der Waals surface area contributed by atoms with Crippen molar-refractivity contribution >= 4 is 29.4 Å². The van der Waals surface area contributed by atoms with Gasteiger partial charge in [0.25, 0.3) is 17.5 Å². The van der Waals surface area contributed by atoms with E-state index in [0.29, 0.717) is 11.3 Å². The van der Waals surface area contributed by atoms with Crippen molar-refractivity contribution in [2.75, 3.05) is 40.6 Å². The van der Waals surface area contributed by atoms with Crippen LogP contribution >= 0.6 is 0 Å². The molecule has 2 heterocycles. The van der Waals surface area contributed by atoms with Gasteiger partial charge in [0.05, 0.1) is 50.0 Å². The summed E-state index contributed by atoms with van der Waals surface area (Å²) in [5.41, 5.74) is -0.00447. The number of hydrogen-bond acceptors (Lipinski definition) is 11. The van der Waals surface area contributed by atoms with E-state index < -0.39 is 40.3 Å². The number of amides is 2. The molecule has 1 aromatic carbocycles. The number of fused-ring (bicyclic) bond motifs is 1. The van der Waals surface area contributed by atoms with Crippen LogP contribution in [0.4, 0.5) is 5.69 Å². The molecule has 2 aromatic rings. The Kier molecular flexibility index (Phi) is 8.20. The van der Waals surface area contributed by atoms with Gasteiger partial charge in [-0.1, -0.05) is 0 Å². The molecule has 14 nitrogen and oxygen atoms in total. The molecular weight excluding hydrogens is 492 g/mol. The summed E-state index contributed by atoms with van der Waals surface area (Å²) in [6.07, 6.45) is 0. The third kappa shape index (κ3) is 5.41. The van der Waals surface area contributed by atoms with Crippen LogP contribution < -0.4 is 4.74 Å². The Labute approximate surface area is 209 Å². The second-order valence-electron chi connectivity index (χ2n) is 7.72. The highest BCUT2D eigenvalue weighted by Crippen LogP contribution is 2.35. The van der Waals surface area contributed by atoms with Crippen LogP contribution in [0.15, 0.2) is 18.2 Å². The van der Waals surface area contributed by atoms with E-state index in [1.807, 2.05) is 0 Å². The SMILES string of the molecule is COC(=O)C(C(=O)OC)c1cc(OCCOCCN2C(=O)c3cc(C)[nH]c3C2=O)c(C#N)cc1[N+](=O)[O-]. The van der Waals surface area contributed by atoms with Crippen molar-refractivity contribution in [1.82, 2.24) is 9.88 Å². The van der Waals surface area contributed by atoms with Gasteiger partial charge in [-0.2, -0.15) is 5.26 Å². The highest BCUT2D eigenvalue weighted by atomic mass is 16.6. The lowest BCUT2D eigenvalue weighted by atomic mass is 9.95. The Balaban J connectivity index is 1.65. The number of hydrogen-bond donors (Lipinski definition) is 1. The summed E-state index contributed by atoms with van der Waals surface area (Å²) in [5, 5.41) is 21.0. The molecule has 1 N–H and O–H groups in total. The molecule has 2 amide bonds. The van der Waals surface area contributed by atoms with E-state index in [1.54, 1.807) is 19.1 Å². The van der Waals surface area contributed by atoms with Crippen LogP contribution in [0.2, 0.25) is 0 Å². The highest BCUT2D eigenvalue weighted by Gasteiger charge is 2.38. The predicted octanol–water partition coefficient (Wildman–Crippen LogP) is 1.22. The smallest absolute Gasteiger partial charge is 0.324 e. The topological polar surface area (TPSA) is 191 Å². The summed E-state index contributed by atoms with van der Waals surface area (Å²) in [4.78, 5) is 63.7. The molecule has 0 fully saturated rings. The van der Waals surface area contributed by atoms with Gasteiger partial charge < -0.3 is 23.9 Å². The molecule has 0 bridgehead atoms. The fourth-order valence-corrected chi connectivity index (χ4v) is 3.74. The fourth-order valence-electron chi connectivity index (χ4n) is 3.74. The maximum atomic E-state index is 12.4. The Morgan fingerprint density at radius 2 is 1.78 bits per heavy atom. The molecule has 0 atom stereocenters. The highest BCUT2D eigenvalue weighted by molar-refractivity contribution is 6.20. The summed E-state index contributed by atoms with van der Waals surface area (Å²) in [6, 6.07) is 5.28. The minimum absolute atomic E-state index is 0.00426. The molecule has 0 radical (unpaired) electrons. The molecule has 1 aliphatic rings. The van der Waals surface area contributed by atoms with Crippen molar-refractivity contribution in [3.63, 3.8) is 0 Å². The predicted molar refractivity (Wildman–Crippen MR) is 122 cm³/mol. The monoisotopic (exact) mass is 514 g/mol. The number of aryl methyl sites for hydroxylation is 1. The molecule has 1 aliphatic heterocycles. The number of H-pyrrole nitrogens is 1. The zero-order chi connectivity index (χ0) is 27.3. The van der Waals surface area contributed by atoms with Crippen LogP contribution in [-0.4, -0.2) is 79.1 Å². The van der Waals surface area contributed by atoms with Crippen LogP contribution in [0.5, 0.6) is 5.75 Å². The second-order valence-corrected chi connectivity index (χ2v) is 7.72. The van der Waals surface area contributed by atoms with Gasteiger partial charge in [0, 0.05) is 11.8 Å². The van der Waals surface area contributed by atoms with E-state index in [2.05, 4.69) is 14.5 Å². The summed E-state index contributed by atoms with van der Waals surface area (Å²) in [5.74, 6) is -4.98. The standard InChI is InChI=1S/C23H22N4O10/c1-12-8-15-19(25-12)21(29)26(20(15)28)4-5-36-6-7-37-17-10-14(16(27(32)33)9-13(17)11-24)18(22(30)34-2)23(31)35-3/h8-10,18,25H,4-7H2,1-3H3. The van der Waals surface area contributed by atoms with Gasteiger partial charge in [-0.15, -0.1) is 0 Å². The summed E-state index contributed by atoms with van der Waals surface area (Å²) in [7, 11) is 2.01. The number of rotatable bonds is 11. The number of nitrogens with zero attached hydrogens (tertiary/aromatic N) is 3. The fraction of sp³-hybridized carbons (Fsp3) is 0.348. The zero-order valence-electron chi connectivity index (χ0n) is 20.1. The Bertz CT molecular complexity index is 1260. The van der Waals surface area contributed by atoms with E-state index in [0.717, 1.165) is 31.3 Å². The number of benzene rings is 1. The molecule has 194 valence electrons. The van der Waals surface area contributed by atoms with Crippen molar-refractivity contribution in [2.45, 2.75) is 12.8 Å². The number of carbonyl (C=O) groups is 4. The van der Waals surface area contributed by atoms with E-state index in [-0.39, 0.29) is 48.9 Å². The number of carbonyl (C=O) groups excluding carboxylic acids is 4. The number of ether oxygens (including phenoxy) is 4. The second kappa shape index (κ2) is 11.3. The number of aromatic amines is 1. The van der Waals surface area contributed by atoms with Gasteiger partial charge in [-0.3, -0.25) is 34.2 Å². The van der Waals surface area contributed by atoms with Gasteiger partial charge in [0.1, 0.15) is 29.7 Å². The van der Waals surface area contributed by atoms with Gasteiger partial charge >= 0.3 is 11.9 Å². The van der Waals surface area contributed by atoms with Crippen LogP contribution in [0.1, 0.15) is 43.6 Å². The van der Waals surface area contributed by atoms with Crippen LogP contribution in [-0.2, 0) is 23.8 Å². The number of imide groups is 1. The number of nitrogens with one attached hydrogen (secondary N) is 1.